The van der Waals surface area contributed by atoms with Gasteiger partial charge < -0.3 is 30.2 Å². The van der Waals surface area contributed by atoms with E-state index in [1.54, 1.807) is 32.4 Å². The molecule has 0 unspecified atom stereocenters. The van der Waals surface area contributed by atoms with E-state index in [2.05, 4.69) is 30.6 Å². The van der Waals surface area contributed by atoms with E-state index in [1.165, 1.54) is 40.8 Å². The van der Waals surface area contributed by atoms with Gasteiger partial charge in [0.05, 0.1) is 12.2 Å². The Morgan fingerprint density at radius 2 is 2.08 bits per heavy atom. The van der Waals surface area contributed by atoms with Gasteiger partial charge in [0.1, 0.15) is 29.4 Å². The predicted molar refractivity (Wildman–Crippen MR) is 139 cm³/mol. The highest BCUT2D eigenvalue weighted by Gasteiger charge is 2.24. The molecule has 0 radical (unpaired) electrons. The number of aromatic nitrogens is 5. The van der Waals surface area contributed by atoms with Gasteiger partial charge in [-0.3, -0.25) is 14.4 Å². The molecule has 1 fully saturated rings. The van der Waals surface area contributed by atoms with Gasteiger partial charge in [0.25, 0.3) is 5.56 Å². The minimum absolute atomic E-state index is 0.00154. The van der Waals surface area contributed by atoms with Gasteiger partial charge in [-0.2, -0.15) is 0 Å². The molecular formula is C25H30N8O5. The number of imidazole rings is 1. The normalized spacial score (nSPS) is 13.9. The summed E-state index contributed by atoms with van der Waals surface area (Å²) in [5.41, 5.74) is 1.72. The lowest BCUT2D eigenvalue weighted by Crippen LogP contribution is -2.44. The van der Waals surface area contributed by atoms with E-state index in [0.717, 1.165) is 17.6 Å². The third-order valence-electron chi connectivity index (χ3n) is 6.13. The smallest absolute Gasteiger partial charge is 0.405 e. The first-order valence-electron chi connectivity index (χ1n) is 12.3. The predicted octanol–water partition coefficient (Wildman–Crippen LogP) is 1.51. The zero-order chi connectivity index (χ0) is 27.2. The molecule has 3 aromatic rings. The number of hydrogen-bond acceptors (Lipinski definition) is 7. The van der Waals surface area contributed by atoms with Crippen LogP contribution < -0.4 is 16.2 Å². The highest BCUT2D eigenvalue weighted by atomic mass is 16.4. The van der Waals surface area contributed by atoms with E-state index >= 15 is 0 Å². The van der Waals surface area contributed by atoms with Gasteiger partial charge in [-0.15, -0.1) is 0 Å². The van der Waals surface area contributed by atoms with Crippen LogP contribution in [0.2, 0.25) is 0 Å². The fraction of sp³-hybridized carbons (Fsp3) is 0.400. The first-order chi connectivity index (χ1) is 18.2. The minimum Gasteiger partial charge on any atom is -0.465 e. The standard InChI is InChI=1S/C25H30N8O5/c1-32(2)20(34)8-4-3-6-16(29-25(37)38)23(35)28-17-7-5-11-33(24(17)36)13-19-30-21-18(12-15-9-10-15)26-14-27-22(21)31-19/h4-5,7-8,11,14-16,29H,3,6,9-10,12-13H2,1-2H3,(H,28,35)(H,37,38)(H,26,27,30,31)/b8-4+/t16-/m0/s1. The summed E-state index contributed by atoms with van der Waals surface area (Å²) in [5, 5.41) is 13.8. The van der Waals surface area contributed by atoms with Gasteiger partial charge in [-0.1, -0.05) is 6.08 Å². The molecule has 3 aromatic heterocycles. The van der Waals surface area contributed by atoms with Crippen LogP contribution in [0.5, 0.6) is 0 Å². The number of carbonyl (C=O) groups excluding carboxylic acids is 2. The first-order valence-corrected chi connectivity index (χ1v) is 12.3. The van der Waals surface area contributed by atoms with Gasteiger partial charge in [0, 0.05) is 20.3 Å². The van der Waals surface area contributed by atoms with Crippen molar-refractivity contribution in [1.29, 1.82) is 0 Å². The van der Waals surface area contributed by atoms with Crippen molar-refractivity contribution in [3.05, 3.63) is 58.7 Å². The van der Waals surface area contributed by atoms with Crippen LogP contribution >= 0.6 is 0 Å². The van der Waals surface area contributed by atoms with Gasteiger partial charge >= 0.3 is 6.09 Å². The molecule has 3 amide bonds. The lowest BCUT2D eigenvalue weighted by molar-refractivity contribution is -0.123. The lowest BCUT2D eigenvalue weighted by atomic mass is 10.1. The zero-order valence-electron chi connectivity index (χ0n) is 21.2. The molecule has 0 spiro atoms. The van der Waals surface area contributed by atoms with Crippen LogP contribution in [0.1, 0.15) is 37.2 Å². The summed E-state index contributed by atoms with van der Waals surface area (Å²) in [6.07, 6.45) is 8.21. The molecule has 0 aromatic carbocycles. The number of nitrogens with one attached hydrogen (secondary N) is 3. The van der Waals surface area contributed by atoms with Crippen LogP contribution in [0.15, 0.2) is 41.6 Å². The van der Waals surface area contributed by atoms with Crippen molar-refractivity contribution in [2.24, 2.45) is 5.92 Å². The second-order valence-electron chi connectivity index (χ2n) is 9.41. The average molecular weight is 523 g/mol. The van der Waals surface area contributed by atoms with Crippen molar-refractivity contribution in [2.75, 3.05) is 19.4 Å². The molecular weight excluding hydrogens is 492 g/mol. The van der Waals surface area contributed by atoms with Gasteiger partial charge in [-0.25, -0.2) is 19.7 Å². The molecule has 3 heterocycles. The SMILES string of the molecule is CN(C)C(=O)/C=C/CC[C@H](NC(=O)O)C(=O)Nc1cccn(Cc2nc3ncnc(CC4CC4)c3[nH]2)c1=O. The maximum atomic E-state index is 13.1. The molecule has 4 rings (SSSR count). The van der Waals surface area contributed by atoms with Crippen molar-refractivity contribution in [3.8, 4) is 0 Å². The fourth-order valence-electron chi connectivity index (χ4n) is 3.90. The molecule has 1 aliphatic rings. The Bertz CT molecular complexity index is 1420. The number of likely N-dealkylation sites (N-methyl/N-ethyl adjacent to an activating group) is 1. The van der Waals surface area contributed by atoms with Crippen molar-refractivity contribution in [3.63, 3.8) is 0 Å². The maximum Gasteiger partial charge on any atom is 0.405 e. The van der Waals surface area contributed by atoms with E-state index < -0.39 is 23.6 Å². The number of rotatable bonds is 11. The van der Waals surface area contributed by atoms with Crippen LogP contribution in [0, 0.1) is 5.92 Å². The van der Waals surface area contributed by atoms with Crippen molar-refractivity contribution in [1.82, 2.24) is 34.7 Å². The van der Waals surface area contributed by atoms with Crippen LogP contribution in [-0.4, -0.2) is 72.6 Å². The molecule has 0 bridgehead atoms. The number of nitrogens with zero attached hydrogens (tertiary/aromatic N) is 5. The summed E-state index contributed by atoms with van der Waals surface area (Å²) in [5.74, 6) is 0.252. The molecule has 13 heteroatoms. The Morgan fingerprint density at radius 3 is 2.79 bits per heavy atom. The average Bonchev–Trinajstić information content (AvgIpc) is 3.59. The molecule has 200 valence electrons. The highest BCUT2D eigenvalue weighted by molar-refractivity contribution is 5.96. The highest BCUT2D eigenvalue weighted by Crippen LogP contribution is 2.33. The van der Waals surface area contributed by atoms with Crippen LogP contribution in [0.25, 0.3) is 11.2 Å². The van der Waals surface area contributed by atoms with Crippen molar-refractivity contribution in [2.45, 2.75) is 44.7 Å². The fourth-order valence-corrected chi connectivity index (χ4v) is 3.90. The number of carbonyl (C=O) groups is 3. The third-order valence-corrected chi connectivity index (χ3v) is 6.13. The molecule has 13 nitrogen and oxygen atoms in total. The quantitative estimate of drug-likeness (QED) is 0.274. The van der Waals surface area contributed by atoms with E-state index in [-0.39, 0.29) is 31.0 Å². The van der Waals surface area contributed by atoms with Gasteiger partial charge in [-0.05, 0) is 56.2 Å². The van der Waals surface area contributed by atoms with Gasteiger partial charge in [0.15, 0.2) is 5.65 Å². The second-order valence-corrected chi connectivity index (χ2v) is 9.41. The van der Waals surface area contributed by atoms with E-state index in [9.17, 15) is 19.2 Å². The number of anilines is 1. The number of fused-ring (bicyclic) bond motifs is 1. The Hall–Kier alpha value is -4.55. The Labute approximate surface area is 218 Å². The molecule has 0 saturated heterocycles. The number of hydrogen-bond donors (Lipinski definition) is 4. The summed E-state index contributed by atoms with van der Waals surface area (Å²) >= 11 is 0. The summed E-state index contributed by atoms with van der Waals surface area (Å²) in [6, 6.07) is 1.92. The monoisotopic (exact) mass is 522 g/mol. The Balaban J connectivity index is 1.45. The molecule has 1 atom stereocenters. The molecule has 1 aliphatic carbocycles. The summed E-state index contributed by atoms with van der Waals surface area (Å²) in [6.45, 7) is 0.114. The number of pyridine rings is 1. The minimum atomic E-state index is -1.38. The van der Waals surface area contributed by atoms with Crippen LogP contribution in [-0.2, 0) is 22.6 Å². The molecule has 38 heavy (non-hydrogen) atoms. The number of aromatic amines is 1. The third kappa shape index (κ3) is 6.81. The van der Waals surface area contributed by atoms with E-state index in [4.69, 9.17) is 5.11 Å². The molecule has 1 saturated carbocycles. The number of allylic oxidation sites excluding steroid dienone is 1. The number of carboxylic acid groups (broad SMARTS) is 1. The topological polar surface area (TPSA) is 175 Å². The van der Waals surface area contributed by atoms with Crippen LogP contribution in [0.3, 0.4) is 0 Å². The Morgan fingerprint density at radius 1 is 1.29 bits per heavy atom. The van der Waals surface area contributed by atoms with E-state index in [0.29, 0.717) is 17.4 Å². The number of H-pyrrole nitrogens is 1. The number of amides is 3. The summed E-state index contributed by atoms with van der Waals surface area (Å²) in [4.78, 5) is 66.5. The van der Waals surface area contributed by atoms with Crippen molar-refractivity contribution >= 4 is 34.8 Å². The van der Waals surface area contributed by atoms with E-state index in [1.807, 2.05) is 0 Å². The maximum absolute atomic E-state index is 13.1. The largest absolute Gasteiger partial charge is 0.465 e. The zero-order valence-corrected chi connectivity index (χ0v) is 21.2. The summed E-state index contributed by atoms with van der Waals surface area (Å²) in [7, 11) is 3.21. The lowest BCUT2D eigenvalue weighted by Gasteiger charge is -2.16. The summed E-state index contributed by atoms with van der Waals surface area (Å²) < 4.78 is 1.39. The van der Waals surface area contributed by atoms with Crippen LogP contribution in [0.4, 0.5) is 10.5 Å². The second kappa shape index (κ2) is 11.7. The first kappa shape index (κ1) is 26.5. The molecule has 4 N–H and O–H groups in total. The van der Waals surface area contributed by atoms with Crippen molar-refractivity contribution < 1.29 is 19.5 Å². The molecule has 0 aliphatic heterocycles. The Kier molecular flexibility index (Phi) is 8.14. The van der Waals surface area contributed by atoms with Gasteiger partial charge in [0.2, 0.25) is 11.8 Å².